The molecule has 0 radical (unpaired) electrons. The second kappa shape index (κ2) is 7.95. The second-order valence-corrected chi connectivity index (χ2v) is 8.18. The number of sulfonamides is 1. The zero-order valence-electron chi connectivity index (χ0n) is 15.7. The smallest absolute Gasteiger partial charge is 0.257 e. The molecule has 1 amide bonds. The summed E-state index contributed by atoms with van der Waals surface area (Å²) >= 11 is 0. The van der Waals surface area contributed by atoms with Gasteiger partial charge in [0.05, 0.1) is 29.2 Å². The van der Waals surface area contributed by atoms with Crippen molar-refractivity contribution in [1.82, 2.24) is 14.7 Å². The van der Waals surface area contributed by atoms with Gasteiger partial charge in [0.2, 0.25) is 10.0 Å². The summed E-state index contributed by atoms with van der Waals surface area (Å²) in [5, 5.41) is 9.40. The lowest BCUT2D eigenvalue weighted by Crippen LogP contribution is -2.29. The summed E-state index contributed by atoms with van der Waals surface area (Å²) in [6.07, 6.45) is 3.28. The molecule has 1 aromatic heterocycles. The minimum absolute atomic E-state index is 0.0413. The quantitative estimate of drug-likeness (QED) is 0.689. The standard InChI is InChI=1S/C20H22N4O3S/c1-15(17-8-10-19(11-9-17)28(21,26)27)23(2)20(25)18-12-22-24(14-18)13-16-6-4-3-5-7-16/h3-12,14-15H,13H2,1-2H3,(H2,21,26,27). The minimum atomic E-state index is -3.74. The molecule has 1 unspecified atom stereocenters. The first-order valence-corrected chi connectivity index (χ1v) is 10.3. The highest BCUT2D eigenvalue weighted by Crippen LogP contribution is 2.22. The molecule has 0 aliphatic rings. The van der Waals surface area contributed by atoms with E-state index in [2.05, 4.69) is 5.10 Å². The summed E-state index contributed by atoms with van der Waals surface area (Å²) < 4.78 is 24.5. The van der Waals surface area contributed by atoms with Crippen LogP contribution in [0.2, 0.25) is 0 Å². The molecular weight excluding hydrogens is 376 g/mol. The van der Waals surface area contributed by atoms with E-state index in [1.54, 1.807) is 41.2 Å². The zero-order chi connectivity index (χ0) is 20.3. The molecular formula is C20H22N4O3S. The molecule has 0 aliphatic carbocycles. The number of carbonyl (C=O) groups excluding carboxylic acids is 1. The molecule has 146 valence electrons. The number of aromatic nitrogens is 2. The van der Waals surface area contributed by atoms with Crippen LogP contribution >= 0.6 is 0 Å². The number of rotatable bonds is 6. The third kappa shape index (κ3) is 4.47. The SMILES string of the molecule is CC(c1ccc(S(N)(=O)=O)cc1)N(C)C(=O)c1cnn(Cc2ccccc2)c1. The van der Waals surface area contributed by atoms with Gasteiger partial charge >= 0.3 is 0 Å². The van der Waals surface area contributed by atoms with Crippen molar-refractivity contribution >= 4 is 15.9 Å². The summed E-state index contributed by atoms with van der Waals surface area (Å²) in [5.74, 6) is -0.165. The van der Waals surface area contributed by atoms with Crippen molar-refractivity contribution in [3.63, 3.8) is 0 Å². The van der Waals surface area contributed by atoms with E-state index in [1.807, 2.05) is 37.3 Å². The number of hydrogen-bond donors (Lipinski definition) is 1. The maximum atomic E-state index is 12.8. The number of primary sulfonamides is 1. The van der Waals surface area contributed by atoms with Crippen LogP contribution in [0.4, 0.5) is 0 Å². The Bertz CT molecular complexity index is 1060. The van der Waals surface area contributed by atoms with E-state index in [4.69, 9.17) is 5.14 Å². The van der Waals surface area contributed by atoms with E-state index in [1.165, 1.54) is 12.1 Å². The van der Waals surface area contributed by atoms with E-state index in [9.17, 15) is 13.2 Å². The van der Waals surface area contributed by atoms with Crippen LogP contribution in [0.3, 0.4) is 0 Å². The van der Waals surface area contributed by atoms with Crippen molar-refractivity contribution < 1.29 is 13.2 Å². The first-order valence-electron chi connectivity index (χ1n) is 8.72. The molecule has 0 spiro atoms. The van der Waals surface area contributed by atoms with Gasteiger partial charge in [-0.25, -0.2) is 13.6 Å². The first-order chi connectivity index (χ1) is 13.3. The van der Waals surface area contributed by atoms with E-state index in [0.29, 0.717) is 12.1 Å². The third-order valence-corrected chi connectivity index (χ3v) is 5.59. The van der Waals surface area contributed by atoms with Crippen molar-refractivity contribution in [3.05, 3.63) is 83.7 Å². The van der Waals surface area contributed by atoms with Gasteiger partial charge in [-0.05, 0) is 30.2 Å². The predicted octanol–water partition coefficient (Wildman–Crippen LogP) is 2.41. The molecule has 0 aliphatic heterocycles. The predicted molar refractivity (Wildman–Crippen MR) is 106 cm³/mol. The Kier molecular flexibility index (Phi) is 5.62. The Morgan fingerprint density at radius 1 is 1.14 bits per heavy atom. The van der Waals surface area contributed by atoms with Gasteiger partial charge in [-0.2, -0.15) is 5.10 Å². The topological polar surface area (TPSA) is 98.3 Å². The molecule has 0 saturated carbocycles. The Morgan fingerprint density at radius 2 is 1.79 bits per heavy atom. The van der Waals surface area contributed by atoms with Crippen LogP contribution in [0.1, 0.15) is 34.5 Å². The average molecular weight is 398 g/mol. The number of carbonyl (C=O) groups is 1. The van der Waals surface area contributed by atoms with Crippen LogP contribution in [-0.2, 0) is 16.6 Å². The molecule has 0 saturated heterocycles. The van der Waals surface area contributed by atoms with Crippen LogP contribution in [-0.4, -0.2) is 36.1 Å². The van der Waals surface area contributed by atoms with E-state index >= 15 is 0 Å². The number of amides is 1. The lowest BCUT2D eigenvalue weighted by molar-refractivity contribution is 0.0742. The van der Waals surface area contributed by atoms with E-state index < -0.39 is 10.0 Å². The van der Waals surface area contributed by atoms with Gasteiger partial charge in [0.15, 0.2) is 0 Å². The van der Waals surface area contributed by atoms with Crippen molar-refractivity contribution in [2.45, 2.75) is 24.4 Å². The normalized spacial score (nSPS) is 12.5. The number of hydrogen-bond acceptors (Lipinski definition) is 4. The lowest BCUT2D eigenvalue weighted by Gasteiger charge is -2.25. The molecule has 3 aromatic rings. The van der Waals surface area contributed by atoms with Gasteiger partial charge in [0, 0.05) is 13.2 Å². The summed E-state index contributed by atoms with van der Waals surface area (Å²) in [6.45, 7) is 2.46. The molecule has 0 bridgehead atoms. The van der Waals surface area contributed by atoms with Crippen molar-refractivity contribution in [1.29, 1.82) is 0 Å². The molecule has 2 N–H and O–H groups in total. The van der Waals surface area contributed by atoms with Crippen molar-refractivity contribution in [2.75, 3.05) is 7.05 Å². The fourth-order valence-corrected chi connectivity index (χ4v) is 3.39. The summed E-state index contributed by atoms with van der Waals surface area (Å²) in [5.41, 5.74) is 2.40. The van der Waals surface area contributed by atoms with Gasteiger partial charge in [0.25, 0.3) is 5.91 Å². The maximum Gasteiger partial charge on any atom is 0.257 e. The van der Waals surface area contributed by atoms with Crippen LogP contribution in [0, 0.1) is 0 Å². The van der Waals surface area contributed by atoms with Gasteiger partial charge in [-0.15, -0.1) is 0 Å². The lowest BCUT2D eigenvalue weighted by atomic mass is 10.1. The largest absolute Gasteiger partial charge is 0.335 e. The number of benzene rings is 2. The highest BCUT2D eigenvalue weighted by Gasteiger charge is 2.21. The monoisotopic (exact) mass is 398 g/mol. The molecule has 3 rings (SSSR count). The van der Waals surface area contributed by atoms with Gasteiger partial charge in [-0.3, -0.25) is 9.48 Å². The van der Waals surface area contributed by atoms with Crippen LogP contribution in [0.5, 0.6) is 0 Å². The Labute approximate surface area is 164 Å². The maximum absolute atomic E-state index is 12.8. The third-order valence-electron chi connectivity index (χ3n) is 4.66. The Morgan fingerprint density at radius 3 is 2.39 bits per heavy atom. The highest BCUT2D eigenvalue weighted by atomic mass is 32.2. The summed E-state index contributed by atoms with van der Waals surface area (Å²) in [6, 6.07) is 15.8. The molecule has 7 nitrogen and oxygen atoms in total. The van der Waals surface area contributed by atoms with E-state index in [-0.39, 0.29) is 16.8 Å². The van der Waals surface area contributed by atoms with Crippen LogP contribution in [0.25, 0.3) is 0 Å². The molecule has 28 heavy (non-hydrogen) atoms. The molecule has 1 heterocycles. The van der Waals surface area contributed by atoms with Crippen LogP contribution < -0.4 is 5.14 Å². The van der Waals surface area contributed by atoms with Gasteiger partial charge in [-0.1, -0.05) is 42.5 Å². The van der Waals surface area contributed by atoms with Gasteiger partial charge in [0.1, 0.15) is 0 Å². The van der Waals surface area contributed by atoms with Crippen molar-refractivity contribution in [2.24, 2.45) is 5.14 Å². The highest BCUT2D eigenvalue weighted by molar-refractivity contribution is 7.89. The molecule has 2 aromatic carbocycles. The van der Waals surface area contributed by atoms with Crippen molar-refractivity contribution in [3.8, 4) is 0 Å². The Hall–Kier alpha value is -2.97. The summed E-state index contributed by atoms with van der Waals surface area (Å²) in [4.78, 5) is 14.4. The van der Waals surface area contributed by atoms with E-state index in [0.717, 1.165) is 11.1 Å². The average Bonchev–Trinajstić information content (AvgIpc) is 3.15. The van der Waals surface area contributed by atoms with Crippen LogP contribution in [0.15, 0.2) is 71.9 Å². The molecule has 0 fully saturated rings. The minimum Gasteiger partial charge on any atom is -0.335 e. The molecule has 8 heteroatoms. The second-order valence-electron chi connectivity index (χ2n) is 6.62. The molecule has 1 atom stereocenters. The number of nitrogens with two attached hydrogens (primary N) is 1. The summed E-state index contributed by atoms with van der Waals surface area (Å²) in [7, 11) is -2.04. The zero-order valence-corrected chi connectivity index (χ0v) is 16.5. The Balaban J connectivity index is 1.71. The van der Waals surface area contributed by atoms with Gasteiger partial charge < -0.3 is 4.90 Å². The first kappa shape index (κ1) is 19.8. The fraction of sp³-hybridized carbons (Fsp3) is 0.200. The number of nitrogens with zero attached hydrogens (tertiary/aromatic N) is 3. The fourth-order valence-electron chi connectivity index (χ4n) is 2.87.